The number of cyclic esters (lactones) is 1. The Balaban J connectivity index is 2.16. The maximum absolute atomic E-state index is 12.0. The molecule has 3 rings (SSSR count). The molecule has 0 aromatic heterocycles. The summed E-state index contributed by atoms with van der Waals surface area (Å²) < 4.78 is 28.3. The minimum atomic E-state index is -3.25. The molecule has 1 fully saturated rings. The molecule has 118 valence electrons. The molecule has 0 spiro atoms. The van der Waals surface area contributed by atoms with Crippen molar-refractivity contribution >= 4 is 21.4 Å². The van der Waals surface area contributed by atoms with Gasteiger partial charge in [0.1, 0.15) is 0 Å². The van der Waals surface area contributed by atoms with Gasteiger partial charge in [-0.05, 0) is 28.8 Å². The molecule has 0 saturated carbocycles. The first-order valence-corrected chi connectivity index (χ1v) is 9.12. The third-order valence-corrected chi connectivity index (χ3v) is 4.90. The van der Waals surface area contributed by atoms with Gasteiger partial charge in [-0.2, -0.15) is 0 Å². The predicted octanol–water partition coefficient (Wildman–Crippen LogP) is 2.84. The molecular formula is C18H16O4S. The van der Waals surface area contributed by atoms with Gasteiger partial charge < -0.3 is 4.74 Å². The van der Waals surface area contributed by atoms with Crippen LogP contribution in [-0.2, 0) is 19.4 Å². The zero-order valence-electron chi connectivity index (χ0n) is 12.7. The van der Waals surface area contributed by atoms with Gasteiger partial charge in [0.15, 0.2) is 9.84 Å². The Morgan fingerprint density at radius 1 is 0.957 bits per heavy atom. The van der Waals surface area contributed by atoms with E-state index in [-0.39, 0.29) is 10.9 Å². The lowest BCUT2D eigenvalue weighted by atomic mass is 9.92. The summed E-state index contributed by atoms with van der Waals surface area (Å²) in [5.74, 6) is -0.309. The van der Waals surface area contributed by atoms with Crippen LogP contribution in [0, 0.1) is 0 Å². The molecule has 5 heteroatoms. The largest absolute Gasteiger partial charge is 0.462 e. The van der Waals surface area contributed by atoms with Crippen LogP contribution in [0.3, 0.4) is 0 Å². The van der Waals surface area contributed by atoms with Crippen LogP contribution in [0.2, 0.25) is 0 Å². The summed E-state index contributed by atoms with van der Waals surface area (Å²) >= 11 is 0. The van der Waals surface area contributed by atoms with Gasteiger partial charge in [0, 0.05) is 18.2 Å². The lowest BCUT2D eigenvalue weighted by molar-refractivity contribution is -0.135. The van der Waals surface area contributed by atoms with Gasteiger partial charge in [-0.15, -0.1) is 0 Å². The predicted molar refractivity (Wildman–Crippen MR) is 87.6 cm³/mol. The summed E-state index contributed by atoms with van der Waals surface area (Å²) in [5.41, 5.74) is 3.14. The Hall–Kier alpha value is -2.40. The van der Waals surface area contributed by atoms with E-state index in [1.165, 1.54) is 6.26 Å². The molecule has 2 aromatic rings. The molecule has 2 aromatic carbocycles. The van der Waals surface area contributed by atoms with Gasteiger partial charge in [-0.25, -0.2) is 13.2 Å². The minimum absolute atomic E-state index is 0.257. The van der Waals surface area contributed by atoms with E-state index >= 15 is 0 Å². The molecule has 0 radical (unpaired) electrons. The summed E-state index contributed by atoms with van der Waals surface area (Å²) in [4.78, 5) is 12.3. The van der Waals surface area contributed by atoms with E-state index in [1.807, 2.05) is 30.3 Å². The number of hydrogen-bond donors (Lipinski definition) is 0. The smallest absolute Gasteiger partial charge is 0.334 e. The zero-order valence-corrected chi connectivity index (χ0v) is 13.5. The van der Waals surface area contributed by atoms with E-state index in [0.29, 0.717) is 18.6 Å². The van der Waals surface area contributed by atoms with Gasteiger partial charge in [-0.3, -0.25) is 0 Å². The van der Waals surface area contributed by atoms with Crippen molar-refractivity contribution < 1.29 is 17.9 Å². The average Bonchev–Trinajstić information content (AvgIpc) is 2.94. The normalized spacial score (nSPS) is 17.0. The Kier molecular flexibility index (Phi) is 4.05. The Labute approximate surface area is 135 Å². The van der Waals surface area contributed by atoms with E-state index in [2.05, 4.69) is 0 Å². The maximum atomic E-state index is 12.0. The molecule has 0 atom stereocenters. The number of benzene rings is 2. The molecule has 0 amide bonds. The molecule has 23 heavy (non-hydrogen) atoms. The van der Waals surface area contributed by atoms with E-state index < -0.39 is 9.84 Å². The molecule has 1 heterocycles. The van der Waals surface area contributed by atoms with Crippen molar-refractivity contribution in [1.82, 2.24) is 0 Å². The third kappa shape index (κ3) is 3.19. The average molecular weight is 328 g/mol. The maximum Gasteiger partial charge on any atom is 0.334 e. The fraction of sp³-hybridized carbons (Fsp3) is 0.167. The number of esters is 1. The molecule has 1 aliphatic rings. The second kappa shape index (κ2) is 6.01. The monoisotopic (exact) mass is 328 g/mol. The first-order valence-electron chi connectivity index (χ1n) is 7.23. The van der Waals surface area contributed by atoms with Crippen molar-refractivity contribution in [3.05, 3.63) is 71.3 Å². The second-order valence-corrected chi connectivity index (χ2v) is 7.42. The number of carbonyl (C=O) groups excluding carboxylic acids is 1. The van der Waals surface area contributed by atoms with Crippen molar-refractivity contribution in [2.45, 2.75) is 11.3 Å². The van der Waals surface area contributed by atoms with Crippen molar-refractivity contribution in [2.24, 2.45) is 0 Å². The number of ether oxygens (including phenoxy) is 1. The lowest BCUT2D eigenvalue weighted by Crippen LogP contribution is -2.02. The van der Waals surface area contributed by atoms with Crippen molar-refractivity contribution in [3.8, 4) is 0 Å². The van der Waals surface area contributed by atoms with Gasteiger partial charge in [0.2, 0.25) is 0 Å². The topological polar surface area (TPSA) is 60.4 Å². The minimum Gasteiger partial charge on any atom is -0.462 e. The van der Waals surface area contributed by atoms with Gasteiger partial charge >= 0.3 is 5.97 Å². The first-order chi connectivity index (χ1) is 11.0. The Morgan fingerprint density at radius 3 is 2.09 bits per heavy atom. The number of sulfone groups is 1. The first kappa shape index (κ1) is 15.5. The fourth-order valence-electron chi connectivity index (χ4n) is 2.65. The lowest BCUT2D eigenvalue weighted by Gasteiger charge is -2.11. The summed E-state index contributed by atoms with van der Waals surface area (Å²) in [6.45, 7) is 0.381. The molecule has 1 aliphatic heterocycles. The zero-order chi connectivity index (χ0) is 16.4. The summed E-state index contributed by atoms with van der Waals surface area (Å²) in [5, 5.41) is 0. The number of hydrogen-bond acceptors (Lipinski definition) is 4. The molecule has 1 saturated heterocycles. The van der Waals surface area contributed by atoms with E-state index in [9.17, 15) is 13.2 Å². The molecule has 4 nitrogen and oxygen atoms in total. The molecule has 0 unspecified atom stereocenters. The van der Waals surface area contributed by atoms with Crippen LogP contribution in [0.25, 0.3) is 5.57 Å². The molecule has 0 aliphatic carbocycles. The Morgan fingerprint density at radius 2 is 1.57 bits per heavy atom. The SMILES string of the molecule is CS(=O)(=O)c1ccc(C(=C2CCOC2=O)c2ccccc2)cc1. The van der Waals surface area contributed by atoms with Crippen LogP contribution in [-0.4, -0.2) is 27.2 Å². The molecular weight excluding hydrogens is 312 g/mol. The number of rotatable bonds is 3. The van der Waals surface area contributed by atoms with Gasteiger partial charge in [-0.1, -0.05) is 42.5 Å². The van der Waals surface area contributed by atoms with Crippen LogP contribution in [0.5, 0.6) is 0 Å². The van der Waals surface area contributed by atoms with E-state index in [0.717, 1.165) is 16.7 Å². The van der Waals surface area contributed by atoms with Gasteiger partial charge in [0.25, 0.3) is 0 Å². The highest BCUT2D eigenvalue weighted by molar-refractivity contribution is 7.90. The standard InChI is InChI=1S/C18H16O4S/c1-23(20,21)15-9-7-14(8-10-15)17(13-5-3-2-4-6-13)16-11-12-22-18(16)19/h2-10H,11-12H2,1H3. The molecule has 0 bridgehead atoms. The fourth-order valence-corrected chi connectivity index (χ4v) is 3.28. The van der Waals surface area contributed by atoms with Gasteiger partial charge in [0.05, 0.1) is 11.5 Å². The van der Waals surface area contributed by atoms with Crippen LogP contribution >= 0.6 is 0 Å². The van der Waals surface area contributed by atoms with E-state index in [1.54, 1.807) is 24.3 Å². The second-order valence-electron chi connectivity index (χ2n) is 5.40. The quantitative estimate of drug-likeness (QED) is 0.642. The highest BCUT2D eigenvalue weighted by Crippen LogP contribution is 2.32. The highest BCUT2D eigenvalue weighted by atomic mass is 32.2. The Bertz CT molecular complexity index is 863. The summed E-state index contributed by atoms with van der Waals surface area (Å²) in [6, 6.07) is 16.2. The number of carbonyl (C=O) groups is 1. The third-order valence-electron chi connectivity index (χ3n) is 3.77. The molecule has 0 N–H and O–H groups in total. The van der Waals surface area contributed by atoms with Crippen LogP contribution in [0.15, 0.2) is 65.1 Å². The summed E-state index contributed by atoms with van der Waals surface area (Å²) in [6.07, 6.45) is 1.73. The van der Waals surface area contributed by atoms with Crippen LogP contribution < -0.4 is 0 Å². The van der Waals surface area contributed by atoms with Crippen molar-refractivity contribution in [1.29, 1.82) is 0 Å². The van der Waals surface area contributed by atoms with Crippen LogP contribution in [0.4, 0.5) is 0 Å². The highest BCUT2D eigenvalue weighted by Gasteiger charge is 2.24. The van der Waals surface area contributed by atoms with Crippen molar-refractivity contribution in [3.63, 3.8) is 0 Å². The van der Waals surface area contributed by atoms with Crippen LogP contribution in [0.1, 0.15) is 17.5 Å². The van der Waals surface area contributed by atoms with E-state index in [4.69, 9.17) is 4.74 Å². The summed E-state index contributed by atoms with van der Waals surface area (Å²) in [7, 11) is -3.25. The van der Waals surface area contributed by atoms with Crippen molar-refractivity contribution in [2.75, 3.05) is 12.9 Å².